The number of ether oxygens (including phenoxy) is 2. The first-order valence-corrected chi connectivity index (χ1v) is 12.1. The van der Waals surface area contributed by atoms with E-state index in [4.69, 9.17) is 44.3 Å². The summed E-state index contributed by atoms with van der Waals surface area (Å²) in [6.07, 6.45) is 1.48. The first kappa shape index (κ1) is 25.1. The van der Waals surface area contributed by atoms with Crippen molar-refractivity contribution in [2.45, 2.75) is 6.54 Å². The molecule has 1 heterocycles. The van der Waals surface area contributed by atoms with Crippen LogP contribution in [0.2, 0.25) is 15.1 Å². The van der Waals surface area contributed by atoms with Crippen LogP contribution in [0.3, 0.4) is 0 Å². The van der Waals surface area contributed by atoms with Crippen molar-refractivity contribution >= 4 is 69.8 Å². The van der Waals surface area contributed by atoms with Gasteiger partial charge in [-0.2, -0.15) is 0 Å². The molecule has 10 heteroatoms. The first-order valence-electron chi connectivity index (χ1n) is 10.1. The third kappa shape index (κ3) is 5.49. The molecule has 1 aliphatic rings. The molecule has 3 aromatic carbocycles. The average Bonchev–Trinajstić information content (AvgIpc) is 3.09. The number of carbonyl (C=O) groups is 3. The molecule has 35 heavy (non-hydrogen) atoms. The maximum Gasteiger partial charge on any atom is 0.345 e. The van der Waals surface area contributed by atoms with Gasteiger partial charge in [0, 0.05) is 15.6 Å². The summed E-state index contributed by atoms with van der Waals surface area (Å²) in [7, 11) is 1.43. The van der Waals surface area contributed by atoms with Crippen LogP contribution in [0.25, 0.3) is 6.08 Å². The molecule has 1 aliphatic heterocycles. The maximum absolute atomic E-state index is 13.0. The number of methoxy groups -OCH3 is 1. The van der Waals surface area contributed by atoms with E-state index in [-0.39, 0.29) is 33.5 Å². The number of hydrogen-bond donors (Lipinski definition) is 0. The van der Waals surface area contributed by atoms with Crippen molar-refractivity contribution in [3.63, 3.8) is 0 Å². The van der Waals surface area contributed by atoms with Gasteiger partial charge in [0.05, 0.1) is 29.1 Å². The number of amides is 2. The number of rotatable bonds is 6. The highest BCUT2D eigenvalue weighted by Gasteiger charge is 2.35. The lowest BCUT2D eigenvalue weighted by molar-refractivity contribution is -0.123. The fraction of sp³-hybridized carbons (Fsp3) is 0.0800. The lowest BCUT2D eigenvalue weighted by Gasteiger charge is -2.14. The Morgan fingerprint density at radius 1 is 1.00 bits per heavy atom. The molecule has 4 rings (SSSR count). The molecule has 2 amide bonds. The first-order chi connectivity index (χ1) is 16.8. The van der Waals surface area contributed by atoms with Crippen LogP contribution in [0.5, 0.6) is 11.5 Å². The summed E-state index contributed by atoms with van der Waals surface area (Å²) in [4.78, 5) is 39.7. The number of carbonyl (C=O) groups excluding carboxylic acids is 3. The van der Waals surface area contributed by atoms with Crippen LogP contribution in [0.1, 0.15) is 21.5 Å². The molecule has 0 unspecified atom stereocenters. The second-order valence-corrected chi connectivity index (χ2v) is 9.50. The van der Waals surface area contributed by atoms with Crippen LogP contribution in [0.15, 0.2) is 65.6 Å². The van der Waals surface area contributed by atoms with Crippen molar-refractivity contribution in [3.05, 3.63) is 97.3 Å². The summed E-state index contributed by atoms with van der Waals surface area (Å²) in [5.74, 6) is -0.837. The minimum Gasteiger partial charge on any atom is -0.493 e. The summed E-state index contributed by atoms with van der Waals surface area (Å²) < 4.78 is 11.0. The molecule has 1 fully saturated rings. The second kappa shape index (κ2) is 10.7. The fourth-order valence-electron chi connectivity index (χ4n) is 3.29. The number of benzene rings is 3. The quantitative estimate of drug-likeness (QED) is 0.186. The van der Waals surface area contributed by atoms with Gasteiger partial charge in [0.2, 0.25) is 0 Å². The molecule has 0 spiro atoms. The highest BCUT2D eigenvalue weighted by molar-refractivity contribution is 8.18. The van der Waals surface area contributed by atoms with Crippen LogP contribution < -0.4 is 9.47 Å². The van der Waals surface area contributed by atoms with Gasteiger partial charge in [-0.25, -0.2) is 4.79 Å². The predicted molar refractivity (Wildman–Crippen MR) is 137 cm³/mol. The van der Waals surface area contributed by atoms with Gasteiger partial charge in [-0.3, -0.25) is 14.5 Å². The Morgan fingerprint density at radius 2 is 1.77 bits per heavy atom. The van der Waals surface area contributed by atoms with Crippen molar-refractivity contribution in [2.24, 2.45) is 0 Å². The number of imide groups is 1. The van der Waals surface area contributed by atoms with Crippen LogP contribution in [-0.2, 0) is 11.3 Å². The third-order valence-electron chi connectivity index (χ3n) is 5.02. The standard InChI is InChI=1S/C25H16Cl3NO5S/c1-33-20-8-4-5-14(22(20)34-24(31)17-6-2-3-7-18(17)27)11-21-23(30)29(25(32)35-21)13-15-9-10-16(26)12-19(15)28/h2-12H,13H2,1H3/b21-11-. The minimum atomic E-state index is -0.694. The van der Waals surface area contributed by atoms with E-state index in [9.17, 15) is 14.4 Å². The molecule has 6 nitrogen and oxygen atoms in total. The summed E-state index contributed by atoms with van der Waals surface area (Å²) in [5, 5.41) is 0.576. The normalized spacial score (nSPS) is 14.5. The Balaban J connectivity index is 1.64. The topological polar surface area (TPSA) is 72.9 Å². The Kier molecular flexibility index (Phi) is 7.72. The molecular weight excluding hydrogens is 533 g/mol. The minimum absolute atomic E-state index is 0.00946. The number of esters is 1. The summed E-state index contributed by atoms with van der Waals surface area (Å²) in [5.41, 5.74) is 1.13. The van der Waals surface area contributed by atoms with E-state index in [1.54, 1.807) is 54.6 Å². The van der Waals surface area contributed by atoms with E-state index < -0.39 is 17.1 Å². The molecular formula is C25H16Cl3NO5S. The third-order valence-corrected chi connectivity index (χ3v) is 6.85. The molecule has 0 atom stereocenters. The van der Waals surface area contributed by atoms with Gasteiger partial charge in [0.15, 0.2) is 11.5 Å². The highest BCUT2D eigenvalue weighted by atomic mass is 35.5. The molecule has 0 radical (unpaired) electrons. The van der Waals surface area contributed by atoms with Crippen molar-refractivity contribution < 1.29 is 23.9 Å². The zero-order valence-electron chi connectivity index (χ0n) is 18.1. The lowest BCUT2D eigenvalue weighted by atomic mass is 10.1. The van der Waals surface area contributed by atoms with E-state index in [1.165, 1.54) is 19.3 Å². The van der Waals surface area contributed by atoms with Crippen LogP contribution in [0, 0.1) is 0 Å². The smallest absolute Gasteiger partial charge is 0.345 e. The Bertz CT molecular complexity index is 1370. The number of hydrogen-bond acceptors (Lipinski definition) is 6. The van der Waals surface area contributed by atoms with Crippen LogP contribution in [-0.4, -0.2) is 29.1 Å². The maximum atomic E-state index is 13.0. The molecule has 0 saturated carbocycles. The van der Waals surface area contributed by atoms with Gasteiger partial charge in [0.1, 0.15) is 0 Å². The number of halogens is 3. The van der Waals surface area contributed by atoms with Crippen molar-refractivity contribution in [3.8, 4) is 11.5 Å². The van der Waals surface area contributed by atoms with Crippen molar-refractivity contribution in [2.75, 3.05) is 7.11 Å². The summed E-state index contributed by atoms with van der Waals surface area (Å²) in [6, 6.07) is 16.2. The van der Waals surface area contributed by atoms with Crippen molar-refractivity contribution in [1.29, 1.82) is 0 Å². The van der Waals surface area contributed by atoms with E-state index in [0.717, 1.165) is 16.7 Å². The van der Waals surface area contributed by atoms with E-state index in [2.05, 4.69) is 0 Å². The summed E-state index contributed by atoms with van der Waals surface area (Å²) >= 11 is 19.0. The van der Waals surface area contributed by atoms with Gasteiger partial charge < -0.3 is 9.47 Å². The molecule has 1 saturated heterocycles. The Hall–Kier alpha value is -2.97. The fourth-order valence-corrected chi connectivity index (χ4v) is 4.80. The molecule has 0 N–H and O–H groups in total. The Morgan fingerprint density at radius 3 is 2.49 bits per heavy atom. The lowest BCUT2D eigenvalue weighted by Crippen LogP contribution is -2.27. The van der Waals surface area contributed by atoms with Gasteiger partial charge in [-0.05, 0) is 53.7 Å². The van der Waals surface area contributed by atoms with E-state index in [0.29, 0.717) is 21.2 Å². The van der Waals surface area contributed by atoms with Crippen LogP contribution >= 0.6 is 46.6 Å². The zero-order chi connectivity index (χ0) is 25.1. The molecule has 178 valence electrons. The summed E-state index contributed by atoms with van der Waals surface area (Å²) in [6.45, 7) is -0.00946. The van der Waals surface area contributed by atoms with Gasteiger partial charge >= 0.3 is 5.97 Å². The molecule has 0 bridgehead atoms. The van der Waals surface area contributed by atoms with E-state index in [1.807, 2.05) is 0 Å². The average molecular weight is 549 g/mol. The highest BCUT2D eigenvalue weighted by Crippen LogP contribution is 2.39. The van der Waals surface area contributed by atoms with Gasteiger partial charge in [-0.1, -0.05) is 65.1 Å². The second-order valence-electron chi connectivity index (χ2n) is 7.25. The largest absolute Gasteiger partial charge is 0.493 e. The SMILES string of the molecule is COc1cccc(/C=C2\SC(=O)N(Cc3ccc(Cl)cc3Cl)C2=O)c1OC(=O)c1ccccc1Cl. The number of para-hydroxylation sites is 1. The number of nitrogens with zero attached hydrogens (tertiary/aromatic N) is 1. The number of thioether (sulfide) groups is 1. The van der Waals surface area contributed by atoms with Crippen LogP contribution in [0.4, 0.5) is 4.79 Å². The van der Waals surface area contributed by atoms with E-state index >= 15 is 0 Å². The molecule has 0 aliphatic carbocycles. The zero-order valence-corrected chi connectivity index (χ0v) is 21.2. The molecule has 3 aromatic rings. The molecule has 0 aromatic heterocycles. The predicted octanol–water partition coefficient (Wildman–Crippen LogP) is 7.11. The van der Waals surface area contributed by atoms with Crippen molar-refractivity contribution in [1.82, 2.24) is 4.90 Å². The monoisotopic (exact) mass is 547 g/mol. The van der Waals surface area contributed by atoms with Gasteiger partial charge in [-0.15, -0.1) is 0 Å². The Labute approximate surface area is 220 Å². The van der Waals surface area contributed by atoms with Gasteiger partial charge in [0.25, 0.3) is 11.1 Å².